The zero-order chi connectivity index (χ0) is 23.4. The summed E-state index contributed by atoms with van der Waals surface area (Å²) in [4.78, 5) is 46.8. The normalized spacial score (nSPS) is 12.1. The lowest BCUT2D eigenvalue weighted by Gasteiger charge is -2.14. The van der Waals surface area contributed by atoms with E-state index >= 15 is 0 Å². The molecule has 0 heterocycles. The first kappa shape index (κ1) is 25.5. The molecule has 31 heavy (non-hydrogen) atoms. The van der Waals surface area contributed by atoms with Crippen LogP contribution >= 0.6 is 0 Å². The van der Waals surface area contributed by atoms with Crippen LogP contribution in [-0.2, 0) is 28.5 Å². The third-order valence-corrected chi connectivity index (χ3v) is 3.52. The lowest BCUT2D eigenvalue weighted by atomic mass is 10.1. The Balaban J connectivity index is 2.61. The maximum absolute atomic E-state index is 12.3. The van der Waals surface area contributed by atoms with Gasteiger partial charge in [-0.1, -0.05) is 25.3 Å². The Morgan fingerprint density at radius 3 is 1.71 bits per heavy atom. The number of carbonyl (C=O) groups is 4. The topological polar surface area (TPSA) is 146 Å². The van der Waals surface area contributed by atoms with E-state index in [1.165, 1.54) is 31.2 Å². The van der Waals surface area contributed by atoms with Gasteiger partial charge in [0.2, 0.25) is 0 Å². The quantitative estimate of drug-likeness (QED) is 0.271. The van der Waals surface area contributed by atoms with Gasteiger partial charge in [-0.15, -0.1) is 0 Å². The second kappa shape index (κ2) is 12.9. The minimum absolute atomic E-state index is 0.133. The van der Waals surface area contributed by atoms with E-state index in [9.17, 15) is 29.4 Å². The minimum atomic E-state index is -1.28. The second-order valence-corrected chi connectivity index (χ2v) is 6.26. The fourth-order valence-corrected chi connectivity index (χ4v) is 1.97. The Morgan fingerprint density at radius 1 is 0.871 bits per heavy atom. The fraction of sp³-hybridized carbons (Fsp3) is 0.333. The Hall–Kier alpha value is -3.50. The highest BCUT2D eigenvalue weighted by Gasteiger charge is 2.21. The predicted octanol–water partition coefficient (Wildman–Crippen LogP) is 0.571. The largest absolute Gasteiger partial charge is 0.460 e. The number of aliphatic hydroxyl groups excluding tert-OH is 2. The summed E-state index contributed by atoms with van der Waals surface area (Å²) in [6, 6.07) is 5.60. The molecule has 1 aromatic carbocycles. The predicted molar refractivity (Wildman–Crippen MR) is 106 cm³/mol. The summed E-state index contributed by atoms with van der Waals surface area (Å²) in [5.41, 5.74) is -0.113. The van der Waals surface area contributed by atoms with Crippen molar-refractivity contribution in [3.8, 4) is 0 Å². The third kappa shape index (κ3) is 9.24. The molecule has 0 aliphatic heterocycles. The van der Waals surface area contributed by atoms with Gasteiger partial charge in [-0.25, -0.2) is 19.2 Å². The molecule has 10 heteroatoms. The first-order valence-electron chi connectivity index (χ1n) is 9.06. The first-order valence-corrected chi connectivity index (χ1v) is 9.06. The van der Waals surface area contributed by atoms with Crippen LogP contribution in [0.15, 0.2) is 49.1 Å². The number of aliphatic hydroxyl groups is 2. The smallest absolute Gasteiger partial charge is 0.339 e. The van der Waals surface area contributed by atoms with E-state index in [0.717, 1.165) is 6.08 Å². The fourth-order valence-electron chi connectivity index (χ4n) is 1.97. The third-order valence-electron chi connectivity index (χ3n) is 3.52. The van der Waals surface area contributed by atoms with Crippen LogP contribution in [-0.4, -0.2) is 72.7 Å². The summed E-state index contributed by atoms with van der Waals surface area (Å²) in [6.07, 6.45) is -1.63. The van der Waals surface area contributed by atoms with Gasteiger partial charge in [0.05, 0.1) is 11.1 Å². The van der Waals surface area contributed by atoms with Gasteiger partial charge in [0.25, 0.3) is 0 Å². The van der Waals surface area contributed by atoms with Gasteiger partial charge in [-0.2, -0.15) is 0 Å². The molecule has 1 aromatic rings. The van der Waals surface area contributed by atoms with Crippen molar-refractivity contribution in [3.63, 3.8) is 0 Å². The number of esters is 4. The van der Waals surface area contributed by atoms with Crippen LogP contribution in [0.1, 0.15) is 27.6 Å². The standard InChI is InChI=1S/C21H24O10/c1-4-18(24)28-9-14(22)11-30-20(26)16-7-5-6-8-17(16)21(27)31-12-15(23)10-29-19(25)13(2)3/h4-8,14-15,22-23H,1-2,9-12H2,3H3. The highest BCUT2D eigenvalue weighted by molar-refractivity contribution is 6.03. The molecule has 0 saturated carbocycles. The average molecular weight is 436 g/mol. The summed E-state index contributed by atoms with van der Waals surface area (Å²) >= 11 is 0. The van der Waals surface area contributed by atoms with Crippen molar-refractivity contribution in [1.82, 2.24) is 0 Å². The summed E-state index contributed by atoms with van der Waals surface area (Å²) in [6.45, 7) is 6.25. The number of hydrogen-bond donors (Lipinski definition) is 2. The molecule has 0 radical (unpaired) electrons. The van der Waals surface area contributed by atoms with E-state index in [1.54, 1.807) is 0 Å². The number of benzene rings is 1. The molecule has 10 nitrogen and oxygen atoms in total. The van der Waals surface area contributed by atoms with E-state index in [4.69, 9.17) is 14.2 Å². The molecular formula is C21H24O10. The van der Waals surface area contributed by atoms with Gasteiger partial charge >= 0.3 is 23.9 Å². The maximum Gasteiger partial charge on any atom is 0.339 e. The molecule has 2 unspecified atom stereocenters. The van der Waals surface area contributed by atoms with E-state index in [2.05, 4.69) is 17.9 Å². The van der Waals surface area contributed by atoms with Gasteiger partial charge in [0, 0.05) is 11.6 Å². The first-order chi connectivity index (χ1) is 14.6. The molecule has 1 rings (SSSR count). The van der Waals surface area contributed by atoms with E-state index in [0.29, 0.717) is 0 Å². The maximum atomic E-state index is 12.3. The molecule has 0 aliphatic carbocycles. The molecule has 0 spiro atoms. The molecule has 0 saturated heterocycles. The van der Waals surface area contributed by atoms with Gasteiger partial charge in [-0.3, -0.25) is 0 Å². The van der Waals surface area contributed by atoms with Crippen molar-refractivity contribution in [2.75, 3.05) is 26.4 Å². The highest BCUT2D eigenvalue weighted by atomic mass is 16.6. The van der Waals surface area contributed by atoms with Crippen molar-refractivity contribution < 1.29 is 48.3 Å². The molecule has 2 N–H and O–H groups in total. The zero-order valence-corrected chi connectivity index (χ0v) is 16.9. The lowest BCUT2D eigenvalue weighted by Crippen LogP contribution is -2.27. The number of ether oxygens (including phenoxy) is 4. The van der Waals surface area contributed by atoms with Crippen LogP contribution in [0, 0.1) is 0 Å². The van der Waals surface area contributed by atoms with Crippen LogP contribution in [0.25, 0.3) is 0 Å². The number of hydrogen-bond acceptors (Lipinski definition) is 10. The molecule has 0 aliphatic rings. The Labute approximate surface area is 178 Å². The van der Waals surface area contributed by atoms with Crippen LogP contribution in [0.5, 0.6) is 0 Å². The van der Waals surface area contributed by atoms with Crippen molar-refractivity contribution in [2.24, 2.45) is 0 Å². The highest BCUT2D eigenvalue weighted by Crippen LogP contribution is 2.13. The molecule has 168 valence electrons. The van der Waals surface area contributed by atoms with Crippen molar-refractivity contribution in [1.29, 1.82) is 0 Å². The van der Waals surface area contributed by atoms with Gasteiger partial charge < -0.3 is 29.2 Å². The van der Waals surface area contributed by atoms with Crippen molar-refractivity contribution in [2.45, 2.75) is 19.1 Å². The van der Waals surface area contributed by atoms with Gasteiger partial charge in [0.1, 0.15) is 38.6 Å². The Morgan fingerprint density at radius 2 is 1.29 bits per heavy atom. The van der Waals surface area contributed by atoms with Gasteiger partial charge in [0.15, 0.2) is 0 Å². The number of rotatable bonds is 12. The minimum Gasteiger partial charge on any atom is -0.460 e. The average Bonchev–Trinajstić information content (AvgIpc) is 2.77. The van der Waals surface area contributed by atoms with Crippen LogP contribution in [0.4, 0.5) is 0 Å². The van der Waals surface area contributed by atoms with E-state index in [1.807, 2.05) is 0 Å². The molecule has 0 aromatic heterocycles. The molecular weight excluding hydrogens is 412 g/mol. The zero-order valence-electron chi connectivity index (χ0n) is 16.9. The number of carbonyl (C=O) groups excluding carboxylic acids is 4. The van der Waals surface area contributed by atoms with E-state index in [-0.39, 0.29) is 16.7 Å². The van der Waals surface area contributed by atoms with Crippen molar-refractivity contribution in [3.05, 3.63) is 60.2 Å². The van der Waals surface area contributed by atoms with Crippen molar-refractivity contribution >= 4 is 23.9 Å². The summed E-state index contributed by atoms with van der Waals surface area (Å²) in [5, 5.41) is 19.4. The second-order valence-electron chi connectivity index (χ2n) is 6.26. The van der Waals surface area contributed by atoms with Crippen LogP contribution < -0.4 is 0 Å². The summed E-state index contributed by atoms with van der Waals surface area (Å²) in [5.74, 6) is -3.27. The molecule has 0 fully saturated rings. The lowest BCUT2D eigenvalue weighted by molar-refractivity contribution is -0.143. The van der Waals surface area contributed by atoms with Gasteiger partial charge in [-0.05, 0) is 19.1 Å². The SMILES string of the molecule is C=CC(=O)OCC(O)COC(=O)c1ccccc1C(=O)OCC(O)COC(=O)C(=C)C. The summed E-state index contributed by atoms with van der Waals surface area (Å²) in [7, 11) is 0. The Kier molecular flexibility index (Phi) is 10.7. The van der Waals surface area contributed by atoms with Crippen LogP contribution in [0.2, 0.25) is 0 Å². The molecule has 0 amide bonds. The Bertz CT molecular complexity index is 829. The summed E-state index contributed by atoms with van der Waals surface area (Å²) < 4.78 is 19.2. The van der Waals surface area contributed by atoms with E-state index < -0.39 is 62.5 Å². The molecule has 0 bridgehead atoms. The van der Waals surface area contributed by atoms with Crippen LogP contribution in [0.3, 0.4) is 0 Å². The monoisotopic (exact) mass is 436 g/mol. The molecule has 2 atom stereocenters.